The highest BCUT2D eigenvalue weighted by molar-refractivity contribution is 7.99. The predicted octanol–water partition coefficient (Wildman–Crippen LogP) is 2.84. The zero-order chi connectivity index (χ0) is 14.4. The fourth-order valence-corrected chi connectivity index (χ4v) is 2.21. The Morgan fingerprint density at radius 1 is 1.32 bits per heavy atom. The smallest absolute Gasteiger partial charge is 0.235 e. The molecule has 0 N–H and O–H groups in total. The largest absolute Gasteiger partial charge is 0.497 e. The van der Waals surface area contributed by atoms with E-state index in [0.717, 1.165) is 12.2 Å². The Kier molecular flexibility index (Phi) is 6.22. The summed E-state index contributed by atoms with van der Waals surface area (Å²) in [5.41, 5.74) is 1.21. The summed E-state index contributed by atoms with van der Waals surface area (Å²) in [5, 5.41) is 0.0170. The summed E-state index contributed by atoms with van der Waals surface area (Å²) < 4.78 is 5.14. The van der Waals surface area contributed by atoms with Crippen molar-refractivity contribution in [3.05, 3.63) is 29.8 Å². The average molecular weight is 281 g/mol. The van der Waals surface area contributed by atoms with E-state index in [-0.39, 0.29) is 17.2 Å². The lowest BCUT2D eigenvalue weighted by Crippen LogP contribution is -2.40. The Morgan fingerprint density at radius 3 is 2.37 bits per heavy atom. The number of rotatable bonds is 6. The van der Waals surface area contributed by atoms with Gasteiger partial charge in [-0.1, -0.05) is 12.1 Å². The van der Waals surface area contributed by atoms with E-state index in [1.807, 2.05) is 49.4 Å². The molecule has 19 heavy (non-hydrogen) atoms. The molecule has 1 rings (SSSR count). The van der Waals surface area contributed by atoms with Crippen LogP contribution in [0.3, 0.4) is 0 Å². The Morgan fingerprint density at radius 2 is 1.89 bits per heavy atom. The number of thioether (sulfide) groups is 1. The first-order chi connectivity index (χ1) is 8.99. The van der Waals surface area contributed by atoms with Gasteiger partial charge in [0.15, 0.2) is 0 Å². The number of methoxy groups -OCH3 is 1. The van der Waals surface area contributed by atoms with Gasteiger partial charge in [-0.25, -0.2) is 0 Å². The number of carbonyl (C=O) groups is 1. The molecule has 2 atom stereocenters. The summed E-state index contributed by atoms with van der Waals surface area (Å²) >= 11 is 1.58. The molecule has 0 aliphatic rings. The van der Waals surface area contributed by atoms with Crippen LogP contribution in [0.4, 0.5) is 0 Å². The second kappa shape index (κ2) is 7.43. The van der Waals surface area contributed by atoms with Crippen LogP contribution >= 0.6 is 11.8 Å². The molecule has 1 aromatic carbocycles. The first kappa shape index (κ1) is 15.9. The van der Waals surface area contributed by atoms with Crippen molar-refractivity contribution in [3.63, 3.8) is 0 Å². The molecular weight excluding hydrogens is 258 g/mol. The predicted molar refractivity (Wildman–Crippen MR) is 81.9 cm³/mol. The Bertz CT molecular complexity index is 405. The van der Waals surface area contributed by atoms with Crippen LogP contribution in [0.25, 0.3) is 0 Å². The molecule has 0 fully saturated rings. The zero-order valence-electron chi connectivity index (χ0n) is 12.3. The van der Waals surface area contributed by atoms with E-state index in [1.54, 1.807) is 18.9 Å². The number of carbonyl (C=O) groups excluding carboxylic acids is 1. The summed E-state index contributed by atoms with van der Waals surface area (Å²) in [5.74, 6) is 1.05. The van der Waals surface area contributed by atoms with Crippen molar-refractivity contribution in [1.82, 2.24) is 4.90 Å². The molecule has 0 radical (unpaired) electrons. The van der Waals surface area contributed by atoms with Crippen LogP contribution in [0.2, 0.25) is 0 Å². The fraction of sp³-hybridized carbons (Fsp3) is 0.533. The molecule has 0 aliphatic carbocycles. The van der Waals surface area contributed by atoms with Crippen LogP contribution in [0, 0.1) is 0 Å². The molecule has 1 aromatic rings. The molecule has 0 aliphatic heterocycles. The average Bonchev–Trinajstić information content (AvgIpc) is 2.45. The van der Waals surface area contributed by atoms with Gasteiger partial charge in [-0.15, -0.1) is 0 Å². The molecule has 0 saturated heterocycles. The van der Waals surface area contributed by atoms with Crippen LogP contribution in [0.1, 0.15) is 19.4 Å². The third-order valence-electron chi connectivity index (χ3n) is 3.40. The van der Waals surface area contributed by atoms with Crippen LogP contribution in [-0.4, -0.2) is 42.5 Å². The molecule has 3 nitrogen and oxygen atoms in total. The number of benzene rings is 1. The summed E-state index contributed by atoms with van der Waals surface area (Å²) in [4.78, 5) is 13.9. The molecule has 0 bridgehead atoms. The highest BCUT2D eigenvalue weighted by Gasteiger charge is 2.20. The zero-order valence-corrected chi connectivity index (χ0v) is 13.2. The molecule has 0 heterocycles. The standard InChI is InChI=1S/C15H23NO2S/c1-11(16(3)15(17)12(2)19-5)10-13-6-8-14(18-4)9-7-13/h6-9,11-12H,10H2,1-5H3/t11-,12+/m0/s1. The van der Waals surface area contributed by atoms with Crippen LogP contribution < -0.4 is 4.74 Å². The highest BCUT2D eigenvalue weighted by atomic mass is 32.2. The van der Waals surface area contributed by atoms with Crippen molar-refractivity contribution in [2.75, 3.05) is 20.4 Å². The summed E-state index contributed by atoms with van der Waals surface area (Å²) in [6.07, 6.45) is 2.82. The second-order valence-corrected chi connectivity index (χ2v) is 5.91. The molecule has 106 valence electrons. The van der Waals surface area contributed by atoms with Gasteiger partial charge in [-0.2, -0.15) is 11.8 Å². The first-order valence-electron chi connectivity index (χ1n) is 6.42. The minimum absolute atomic E-state index is 0.0170. The van der Waals surface area contributed by atoms with Crippen molar-refractivity contribution in [1.29, 1.82) is 0 Å². The van der Waals surface area contributed by atoms with Gasteiger partial charge in [-0.05, 0) is 44.2 Å². The van der Waals surface area contributed by atoms with Gasteiger partial charge in [0.2, 0.25) is 5.91 Å². The number of ether oxygens (including phenoxy) is 1. The van der Waals surface area contributed by atoms with Crippen molar-refractivity contribution >= 4 is 17.7 Å². The lowest BCUT2D eigenvalue weighted by molar-refractivity contribution is -0.130. The van der Waals surface area contributed by atoms with Gasteiger partial charge < -0.3 is 9.64 Å². The van der Waals surface area contributed by atoms with E-state index in [0.29, 0.717) is 0 Å². The third-order valence-corrected chi connectivity index (χ3v) is 4.31. The monoisotopic (exact) mass is 281 g/mol. The second-order valence-electron chi connectivity index (χ2n) is 4.73. The number of amides is 1. The quantitative estimate of drug-likeness (QED) is 0.803. The lowest BCUT2D eigenvalue weighted by Gasteiger charge is -2.27. The SMILES string of the molecule is COc1ccc(C[C@H](C)N(C)C(=O)[C@@H](C)SC)cc1. The number of hydrogen-bond acceptors (Lipinski definition) is 3. The minimum Gasteiger partial charge on any atom is -0.497 e. The van der Waals surface area contributed by atoms with Crippen molar-refractivity contribution in [3.8, 4) is 5.75 Å². The summed E-state index contributed by atoms with van der Waals surface area (Å²) in [6.45, 7) is 4.03. The minimum atomic E-state index is 0.0170. The van der Waals surface area contributed by atoms with E-state index in [1.165, 1.54) is 5.56 Å². The Hall–Kier alpha value is -1.16. The molecule has 0 saturated carbocycles. The van der Waals surface area contributed by atoms with Crippen LogP contribution in [0.15, 0.2) is 24.3 Å². The molecule has 1 amide bonds. The topological polar surface area (TPSA) is 29.5 Å². The Labute approximate surface area is 120 Å². The maximum absolute atomic E-state index is 12.1. The molecule has 0 unspecified atom stereocenters. The fourth-order valence-electron chi connectivity index (χ4n) is 1.84. The van der Waals surface area contributed by atoms with E-state index in [2.05, 4.69) is 6.92 Å². The van der Waals surface area contributed by atoms with E-state index < -0.39 is 0 Å². The van der Waals surface area contributed by atoms with Gasteiger partial charge >= 0.3 is 0 Å². The summed E-state index contributed by atoms with van der Waals surface area (Å²) in [6, 6.07) is 8.19. The number of nitrogens with zero attached hydrogens (tertiary/aromatic N) is 1. The van der Waals surface area contributed by atoms with Gasteiger partial charge in [0.05, 0.1) is 12.4 Å². The molecule has 0 spiro atoms. The van der Waals surface area contributed by atoms with Gasteiger partial charge in [0.1, 0.15) is 5.75 Å². The first-order valence-corrected chi connectivity index (χ1v) is 7.70. The maximum Gasteiger partial charge on any atom is 0.235 e. The van der Waals surface area contributed by atoms with Crippen molar-refractivity contribution in [2.45, 2.75) is 31.6 Å². The van der Waals surface area contributed by atoms with Crippen LogP contribution in [-0.2, 0) is 11.2 Å². The lowest BCUT2D eigenvalue weighted by atomic mass is 10.1. The van der Waals surface area contributed by atoms with Gasteiger partial charge in [0.25, 0.3) is 0 Å². The van der Waals surface area contributed by atoms with Crippen molar-refractivity contribution < 1.29 is 9.53 Å². The number of hydrogen-bond donors (Lipinski definition) is 0. The van der Waals surface area contributed by atoms with Gasteiger partial charge in [-0.3, -0.25) is 4.79 Å². The van der Waals surface area contributed by atoms with E-state index in [4.69, 9.17) is 4.74 Å². The van der Waals surface area contributed by atoms with E-state index >= 15 is 0 Å². The van der Waals surface area contributed by atoms with Crippen LogP contribution in [0.5, 0.6) is 5.75 Å². The van der Waals surface area contributed by atoms with Crippen molar-refractivity contribution in [2.24, 2.45) is 0 Å². The summed E-state index contributed by atoms with van der Waals surface area (Å²) in [7, 11) is 3.54. The molecular formula is C15H23NO2S. The normalized spacial score (nSPS) is 13.7. The number of likely N-dealkylation sites (N-methyl/N-ethyl adjacent to an activating group) is 1. The van der Waals surface area contributed by atoms with E-state index in [9.17, 15) is 4.79 Å². The maximum atomic E-state index is 12.1. The third kappa shape index (κ3) is 4.46. The Balaban J connectivity index is 2.62. The molecule has 0 aromatic heterocycles. The van der Waals surface area contributed by atoms with Gasteiger partial charge in [0, 0.05) is 13.1 Å². The highest BCUT2D eigenvalue weighted by Crippen LogP contribution is 2.16. The molecule has 4 heteroatoms.